The molecule has 0 amide bonds. The Morgan fingerprint density at radius 1 is 1.00 bits per heavy atom. The van der Waals surface area contributed by atoms with Gasteiger partial charge >= 0.3 is 0 Å². The maximum atomic E-state index is 0. The molecule has 25 valence electrons. The van der Waals surface area contributed by atoms with E-state index in [9.17, 15) is 0 Å². The summed E-state index contributed by atoms with van der Waals surface area (Å²) >= 11 is 0. The largest absolute Gasteiger partial charge is 0.412 e. The van der Waals surface area contributed by atoms with Gasteiger partial charge in [0.25, 0.3) is 0 Å². The van der Waals surface area contributed by atoms with Crippen LogP contribution < -0.4 is 0 Å². The van der Waals surface area contributed by atoms with Gasteiger partial charge in [-0.3, -0.25) is 0 Å². The van der Waals surface area contributed by atoms with Crippen LogP contribution in [0.25, 0.3) is 0 Å². The number of rotatable bonds is 0. The Bertz CT molecular complexity index is 11.6. The third kappa shape index (κ3) is 24.0. The number of hydrogen-bond donors (Lipinski definition) is 0. The van der Waals surface area contributed by atoms with Crippen molar-refractivity contribution in [2.24, 2.45) is 0 Å². The molecule has 2 N–H and O–H groups in total. The molecule has 1 nitrogen and oxygen atoms in total. The van der Waals surface area contributed by atoms with Gasteiger partial charge in [0.15, 0.2) is 0 Å². The third-order valence-electron chi connectivity index (χ3n) is 0. The zero-order valence-electron chi connectivity index (χ0n) is 2.64. The summed E-state index contributed by atoms with van der Waals surface area (Å²) in [6.45, 7) is 0. The van der Waals surface area contributed by atoms with Crippen LogP contribution in [0.2, 0.25) is 0 Å². The van der Waals surface area contributed by atoms with E-state index in [0.29, 0.717) is 0 Å². The van der Waals surface area contributed by atoms with Crippen molar-refractivity contribution in [3.8, 4) is 0 Å². The van der Waals surface area contributed by atoms with Crippen LogP contribution >= 0.6 is 0 Å². The standard InChI is InChI=1S/Al.Fe.Mg.H2O.Si/h;;;1H2;. The minimum atomic E-state index is 0. The van der Waals surface area contributed by atoms with Crippen molar-refractivity contribution in [3.63, 3.8) is 0 Å². The first-order chi connectivity index (χ1) is 0. The van der Waals surface area contributed by atoms with Crippen LogP contribution in [0.3, 0.4) is 0 Å². The summed E-state index contributed by atoms with van der Waals surface area (Å²) < 4.78 is 0. The van der Waals surface area contributed by atoms with Crippen molar-refractivity contribution in [3.05, 3.63) is 0 Å². The maximum absolute atomic E-state index is 0. The minimum absolute atomic E-state index is 0. The fourth-order valence-electron chi connectivity index (χ4n) is 0. The fraction of sp³-hybridized carbons (Fsp3) is 0. The Kier molecular flexibility index (Phi) is 475. The van der Waals surface area contributed by atoms with Gasteiger partial charge in [0.05, 0.1) is 0 Å². The quantitative estimate of drug-likeness (QED) is 0.362. The Labute approximate surface area is 73.4 Å². The molecule has 0 unspecified atom stereocenters. The Hall–Kier alpha value is 2.00. The second kappa shape index (κ2) is 37.6. The van der Waals surface area contributed by atoms with E-state index in [4.69, 9.17) is 0 Å². The molecule has 0 aromatic carbocycles. The topological polar surface area (TPSA) is 31.5 Å². The van der Waals surface area contributed by atoms with Crippen LogP contribution in [0.5, 0.6) is 0 Å². The molecule has 5 heteroatoms. The van der Waals surface area contributed by atoms with Crippen LogP contribution in [0.1, 0.15) is 0 Å². The van der Waals surface area contributed by atoms with E-state index in [1.807, 2.05) is 0 Å². The molecular weight excluding hydrogens is 151 g/mol. The predicted octanol–water partition coefficient (Wildman–Crippen LogP) is -1.97. The molecule has 0 aromatic heterocycles. The van der Waals surface area contributed by atoms with Crippen LogP contribution in [-0.4, -0.2) is 56.9 Å². The first kappa shape index (κ1) is 63.2. The molecule has 0 saturated heterocycles. The van der Waals surface area contributed by atoms with Crippen molar-refractivity contribution < 1.29 is 22.5 Å². The van der Waals surface area contributed by atoms with E-state index < -0.39 is 0 Å². The molecule has 0 fully saturated rings. The van der Waals surface area contributed by atoms with Gasteiger partial charge in [-0.1, -0.05) is 0 Å². The molecule has 9 radical (unpaired) electrons. The second-order valence-corrected chi connectivity index (χ2v) is 0. The van der Waals surface area contributed by atoms with Gasteiger partial charge in [-0.15, -0.1) is 0 Å². The molecule has 0 saturated carbocycles. The molecule has 0 heterocycles. The van der Waals surface area contributed by atoms with E-state index in [1.165, 1.54) is 0 Å². The van der Waals surface area contributed by atoms with Crippen LogP contribution in [0.4, 0.5) is 0 Å². The zero-order valence-corrected chi connectivity index (χ0v) is 7.31. The second-order valence-electron chi connectivity index (χ2n) is 0. The molecule has 0 aromatic rings. The summed E-state index contributed by atoms with van der Waals surface area (Å²) in [7, 11) is 0. The normalized spacial score (nSPS) is 0. The van der Waals surface area contributed by atoms with Crippen LogP contribution in [0.15, 0.2) is 0 Å². The Balaban J connectivity index is 0. The van der Waals surface area contributed by atoms with E-state index >= 15 is 0 Å². The van der Waals surface area contributed by atoms with E-state index in [0.717, 1.165) is 0 Å². The fourth-order valence-corrected chi connectivity index (χ4v) is 0. The smallest absolute Gasteiger partial charge is 0 e. The van der Waals surface area contributed by atoms with Gasteiger partial charge < -0.3 is 5.48 Å². The Morgan fingerprint density at radius 3 is 1.00 bits per heavy atom. The average Bonchev–Trinajstić information content (AvgIpc) is 0. The van der Waals surface area contributed by atoms with Crippen LogP contribution in [-0.2, 0) is 17.1 Å². The monoisotopic (exact) mass is 153 g/mol. The summed E-state index contributed by atoms with van der Waals surface area (Å²) in [4.78, 5) is 0. The molecule has 0 rings (SSSR count). The molecule has 0 bridgehead atoms. The molecule has 5 heavy (non-hydrogen) atoms. The molecular formula is H2AlFeMgOSi. The van der Waals surface area contributed by atoms with E-state index in [1.54, 1.807) is 0 Å². The van der Waals surface area contributed by atoms with Gasteiger partial charge in [0.1, 0.15) is 0 Å². The predicted molar refractivity (Wildman–Crippen MR) is 20.9 cm³/mol. The van der Waals surface area contributed by atoms with Gasteiger partial charge in [-0.05, 0) is 0 Å². The average molecular weight is 153 g/mol. The van der Waals surface area contributed by atoms with Crippen molar-refractivity contribution in [2.75, 3.05) is 0 Å². The van der Waals surface area contributed by atoms with E-state index in [-0.39, 0.29) is 73.9 Å². The number of hydrogen-bond acceptors (Lipinski definition) is 0. The third-order valence-corrected chi connectivity index (χ3v) is 0. The summed E-state index contributed by atoms with van der Waals surface area (Å²) in [6.07, 6.45) is 0. The first-order valence-corrected chi connectivity index (χ1v) is 0. The summed E-state index contributed by atoms with van der Waals surface area (Å²) in [5.74, 6) is 0. The van der Waals surface area contributed by atoms with Gasteiger partial charge in [-0.2, -0.15) is 0 Å². The van der Waals surface area contributed by atoms with E-state index in [2.05, 4.69) is 0 Å². The molecule has 0 aliphatic carbocycles. The van der Waals surface area contributed by atoms with Gasteiger partial charge in [-0.25, -0.2) is 0 Å². The molecule has 0 aliphatic heterocycles. The first-order valence-electron chi connectivity index (χ1n) is 0. The van der Waals surface area contributed by atoms with Gasteiger partial charge in [0.2, 0.25) is 0 Å². The van der Waals surface area contributed by atoms with Crippen molar-refractivity contribution in [1.82, 2.24) is 0 Å². The summed E-state index contributed by atoms with van der Waals surface area (Å²) in [5.41, 5.74) is 0. The Morgan fingerprint density at radius 2 is 1.00 bits per heavy atom. The summed E-state index contributed by atoms with van der Waals surface area (Å²) in [5, 5.41) is 0. The molecule has 0 atom stereocenters. The molecule has 0 aliphatic rings. The van der Waals surface area contributed by atoms with Crippen LogP contribution in [0, 0.1) is 0 Å². The van der Waals surface area contributed by atoms with Crippen molar-refractivity contribution >= 4 is 51.4 Å². The molecule has 0 spiro atoms. The van der Waals surface area contributed by atoms with Crippen molar-refractivity contribution in [1.29, 1.82) is 0 Å². The zero-order chi connectivity index (χ0) is 0. The minimum Gasteiger partial charge on any atom is -0.412 e. The maximum Gasteiger partial charge on any atom is 0 e. The SMILES string of the molecule is O.[Al].[Fe].[Mg].[Si]. The summed E-state index contributed by atoms with van der Waals surface area (Å²) in [6, 6.07) is 0. The van der Waals surface area contributed by atoms with Gasteiger partial charge in [0, 0.05) is 68.4 Å². The van der Waals surface area contributed by atoms with Crippen molar-refractivity contribution in [2.45, 2.75) is 0 Å².